The van der Waals surface area contributed by atoms with Crippen LogP contribution in [0.3, 0.4) is 0 Å². The number of nitrogens with two attached hydrogens (primary N) is 6. The van der Waals surface area contributed by atoms with Gasteiger partial charge in [0, 0.05) is 135 Å². The third kappa shape index (κ3) is 54.0. The summed E-state index contributed by atoms with van der Waals surface area (Å²) in [4.78, 5) is 122. The lowest BCUT2D eigenvalue weighted by Gasteiger charge is -2.32. The number of guanidine groups is 3. The fourth-order valence-electron chi connectivity index (χ4n) is 13.4. The van der Waals surface area contributed by atoms with Crippen molar-refractivity contribution in [1.29, 1.82) is 16.2 Å². The van der Waals surface area contributed by atoms with Gasteiger partial charge in [-0.15, -0.1) is 0 Å². The molecule has 58 heteroatoms. The largest absolute Gasteiger partial charge is 0.481 e. The van der Waals surface area contributed by atoms with E-state index in [4.69, 9.17) is 50.6 Å². The molecule has 0 heterocycles. The van der Waals surface area contributed by atoms with Gasteiger partial charge in [-0.2, -0.15) is 30.1 Å². The van der Waals surface area contributed by atoms with E-state index in [9.17, 15) is 112 Å². The number of Topliss-reactive ketones (excluding diaryl/α,β-unsaturated/α-hetero) is 1. The molecule has 0 aromatic rings. The van der Waals surface area contributed by atoms with Crippen LogP contribution in [-0.2, 0) is 113 Å². The van der Waals surface area contributed by atoms with Crippen molar-refractivity contribution in [2.75, 3.05) is 172 Å². The van der Waals surface area contributed by atoms with Gasteiger partial charge in [-0.05, 0) is 95.3 Å². The van der Waals surface area contributed by atoms with E-state index in [2.05, 4.69) is 53.2 Å². The number of carbonyl (C=O) groups excluding carboxylic acids is 8. The lowest BCUT2D eigenvalue weighted by atomic mass is 10.0. The summed E-state index contributed by atoms with van der Waals surface area (Å²) in [7, 11) is -31.2. The Balaban J connectivity index is 7.60. The molecule has 51 nitrogen and oxygen atoms in total. The van der Waals surface area contributed by atoms with E-state index in [0.717, 1.165) is 28.7 Å². The van der Waals surface area contributed by atoms with Crippen LogP contribution in [0.2, 0.25) is 0 Å². The fraction of sp³-hybridized carbons (Fsp3) is 0.833. The van der Waals surface area contributed by atoms with Gasteiger partial charge in [0.2, 0.25) is 112 Å². The zero-order chi connectivity index (χ0) is 100. The highest BCUT2D eigenvalue weighted by Crippen LogP contribution is 2.19. The third-order valence-corrected chi connectivity index (χ3v) is 31.1. The first-order chi connectivity index (χ1) is 59.8. The number of sulfonamides is 7. The Morgan fingerprint density at radius 1 is 0.346 bits per heavy atom. The van der Waals surface area contributed by atoms with Crippen LogP contribution in [0.15, 0.2) is 0 Å². The van der Waals surface area contributed by atoms with Crippen LogP contribution in [0.5, 0.6) is 0 Å². The van der Waals surface area contributed by atoms with Crippen molar-refractivity contribution in [2.45, 2.75) is 189 Å². The minimum absolute atomic E-state index is 0.00163. The van der Waals surface area contributed by atoms with Crippen molar-refractivity contribution in [3.05, 3.63) is 0 Å². The van der Waals surface area contributed by atoms with Gasteiger partial charge in [0.25, 0.3) is 0 Å². The molecule has 0 rings (SSSR count). The Labute approximate surface area is 767 Å². The van der Waals surface area contributed by atoms with Crippen molar-refractivity contribution in [3.8, 4) is 0 Å². The molecule has 0 fully saturated rings. The zero-order valence-corrected chi connectivity index (χ0v) is 82.6. The molecular formula is C72H148N26O25S7. The fourth-order valence-corrected chi connectivity index (χ4v) is 22.4. The van der Waals surface area contributed by atoms with Crippen LogP contribution in [-0.4, -0.2) is 391 Å². The first-order valence-electron chi connectivity index (χ1n) is 42.3. The Kier molecular flexibility index (Phi) is 55.8. The number of ketones is 1. The summed E-state index contributed by atoms with van der Waals surface area (Å²) in [5.41, 5.74) is 33.5. The van der Waals surface area contributed by atoms with Crippen molar-refractivity contribution < 1.29 is 112 Å². The first kappa shape index (κ1) is 122. The predicted octanol–water partition coefficient (Wildman–Crippen LogP) is -9.01. The minimum atomic E-state index is -4.63. The molecule has 758 valence electrons. The van der Waals surface area contributed by atoms with Gasteiger partial charge in [0.15, 0.2) is 17.9 Å². The van der Waals surface area contributed by atoms with Gasteiger partial charge >= 0.3 is 5.97 Å². The predicted molar refractivity (Wildman–Crippen MR) is 491 cm³/mol. The Morgan fingerprint density at radius 2 is 0.600 bits per heavy atom. The minimum Gasteiger partial charge on any atom is -0.481 e. The lowest BCUT2D eigenvalue weighted by molar-refractivity contribution is -0.137. The third-order valence-electron chi connectivity index (χ3n) is 18.9. The van der Waals surface area contributed by atoms with Crippen LogP contribution in [0, 0.1) is 39.9 Å². The van der Waals surface area contributed by atoms with E-state index < -0.39 is 330 Å². The van der Waals surface area contributed by atoms with E-state index in [1.165, 1.54) is 6.92 Å². The SMILES string of the molecule is CC(=O)CN(C[C@H](CCCNC(=N)N)NC(=O)CN(C[C@H](CC(C)C)NC(=O)CN(C[C@@H](NC(=O)CN(C[C@H](CC(C)C)NC(=O)CN(C[C@H](CCCNC(=N)N)NC(=O)CN(C[C@H](CCCNC(=N)N)NC(=O)CN(C[C@H](CCC(=O)O)NC(C)=O)S(=O)(=O)CCN)S(C)(=O)=O)S(C)(=O)=O)S(=O)(=O)CCN)C(C)O)S(=O)(=O)CC(C)C)S(=O)(=O)CCN)S(=O)(=O)CC(C)C. The molecule has 0 aliphatic rings. The molecule has 0 radical (unpaired) electrons. The molecule has 0 saturated heterocycles. The average molecular weight is 2000 g/mol. The zero-order valence-electron chi connectivity index (χ0n) is 76.9. The Morgan fingerprint density at radius 3 is 0.846 bits per heavy atom. The topological polar surface area (TPSA) is 804 Å². The highest BCUT2D eigenvalue weighted by molar-refractivity contribution is 7.90. The van der Waals surface area contributed by atoms with Crippen LogP contribution >= 0.6 is 0 Å². The number of aliphatic hydroxyl groups excluding tert-OH is 1. The number of nitrogens with one attached hydrogen (secondary N) is 13. The summed E-state index contributed by atoms with van der Waals surface area (Å²) in [6.45, 7) is 3.91. The van der Waals surface area contributed by atoms with E-state index in [0.29, 0.717) is 27.8 Å². The van der Waals surface area contributed by atoms with Gasteiger partial charge in [-0.1, -0.05) is 55.4 Å². The molecule has 7 amide bonds. The smallest absolute Gasteiger partial charge is 0.303 e. The number of aliphatic hydroxyl groups is 1. The number of carboxylic acid groups (broad SMARTS) is 1. The standard InChI is InChI=1S/C72H148N26O25S7/c1-49(2)31-60(89-64(103)42-93(125(13,112)113)34-56(17-14-25-82-70(76)77)86-63(102)41-92(124(12,110)111)35-57(18-15-26-83-71(78)79)87-65(104)43-95(126(114,115)28-22-73)37-59(85-55(11)101)20-21-69(108)109)39-97(128(118,119)30-24-75)46-68(107)91-62(54(10)100)40-98(130(122,123)48-52(7)8)45-67(106)90-61(32-50(3)4)38-96(127(116,117)29-23-74)44-66(105)88-58(19-16-27-84-72(80)81)36-94(33-53(9)99)129(120,121)47-51(5)6/h49-52,54,56-62,100H,14-48,73-75H2,1-13H3,(H,85,101)(H,86,102)(H,87,104)(H,88,105)(H,89,103)(H,90,106)(H,91,107)(H,108,109)(H4,76,77,82)(H4,78,79,83)(H4,80,81,84)/t54?,56-,57-,58-,59-,60-,61-,62+/m0/s1. The molecule has 0 aliphatic carbocycles. The maximum atomic E-state index is 14.5. The summed E-state index contributed by atoms with van der Waals surface area (Å²) in [6, 6.07) is -8.86. The normalized spacial score (nSPS) is 14.6. The van der Waals surface area contributed by atoms with Crippen molar-refractivity contribution in [3.63, 3.8) is 0 Å². The number of carboxylic acids is 1. The number of amides is 7. The summed E-state index contributed by atoms with van der Waals surface area (Å²) >= 11 is 0. The van der Waals surface area contributed by atoms with Crippen molar-refractivity contribution in [1.82, 2.24) is 83.3 Å². The Bertz CT molecular complexity index is 4500. The van der Waals surface area contributed by atoms with Gasteiger partial charge in [-0.25, -0.2) is 58.9 Å². The lowest BCUT2D eigenvalue weighted by Crippen LogP contribution is -2.57. The van der Waals surface area contributed by atoms with Crippen LogP contribution in [0.1, 0.15) is 140 Å². The molecule has 27 N–H and O–H groups in total. The molecule has 0 aromatic carbocycles. The van der Waals surface area contributed by atoms with E-state index >= 15 is 0 Å². The first-order valence-corrected chi connectivity index (χ1v) is 54.1. The highest BCUT2D eigenvalue weighted by atomic mass is 32.2. The number of hydrogen-bond acceptors (Lipinski definition) is 30. The maximum Gasteiger partial charge on any atom is 0.303 e. The number of nitrogens with zero attached hydrogens (tertiary/aromatic N) is 7. The molecule has 0 spiro atoms. The number of carbonyl (C=O) groups is 9. The highest BCUT2D eigenvalue weighted by Gasteiger charge is 2.39. The number of aliphatic carboxylic acids is 1. The average Bonchev–Trinajstić information content (AvgIpc) is 0.839. The van der Waals surface area contributed by atoms with Gasteiger partial charge in [0.1, 0.15) is 5.78 Å². The maximum absolute atomic E-state index is 14.5. The summed E-state index contributed by atoms with van der Waals surface area (Å²) < 4.78 is 200. The number of rotatable bonds is 72. The molecular weight excluding hydrogens is 1850 g/mol. The van der Waals surface area contributed by atoms with Gasteiger partial charge < -0.3 is 97.8 Å². The van der Waals surface area contributed by atoms with E-state index in [1.807, 2.05) is 0 Å². The number of hydrogen-bond donors (Lipinski definition) is 21. The van der Waals surface area contributed by atoms with Gasteiger partial charge in [-0.3, -0.25) is 59.4 Å². The second-order valence-electron chi connectivity index (χ2n) is 33.7. The monoisotopic (exact) mass is 2000 g/mol. The van der Waals surface area contributed by atoms with Gasteiger partial charge in [0.05, 0.1) is 99.2 Å². The molecule has 0 saturated carbocycles. The second-order valence-corrected chi connectivity index (χ2v) is 48.0. The molecule has 1 unspecified atom stereocenters. The van der Waals surface area contributed by atoms with Crippen molar-refractivity contribution in [2.24, 2.45) is 58.1 Å². The molecule has 8 atom stereocenters. The summed E-state index contributed by atoms with van der Waals surface area (Å²) in [6.07, 6.45) is -1.10. The molecule has 0 aromatic heterocycles. The quantitative estimate of drug-likeness (QED) is 0.0153. The molecule has 130 heavy (non-hydrogen) atoms. The van der Waals surface area contributed by atoms with E-state index in [1.54, 1.807) is 55.4 Å². The Hall–Kier alpha value is -7.55. The van der Waals surface area contributed by atoms with Crippen LogP contribution in [0.25, 0.3) is 0 Å². The molecule has 0 aliphatic heterocycles. The van der Waals surface area contributed by atoms with Crippen LogP contribution < -0.4 is 87.6 Å². The second kappa shape index (κ2) is 59.2. The van der Waals surface area contributed by atoms with Crippen molar-refractivity contribution >= 4 is 141 Å². The summed E-state index contributed by atoms with van der Waals surface area (Å²) in [5.74, 6) is -15.0. The van der Waals surface area contributed by atoms with Crippen LogP contribution in [0.4, 0.5) is 0 Å². The summed E-state index contributed by atoms with van der Waals surface area (Å²) in [5, 5.41) is 69.3. The van der Waals surface area contributed by atoms with E-state index in [-0.39, 0.29) is 107 Å². The molecule has 0 bridgehead atoms.